The predicted octanol–water partition coefficient (Wildman–Crippen LogP) is 4.61. The van der Waals surface area contributed by atoms with Gasteiger partial charge in [-0.05, 0) is 42.7 Å². The van der Waals surface area contributed by atoms with E-state index in [1.54, 1.807) is 0 Å². The Balaban J connectivity index is 2.31. The third-order valence-corrected chi connectivity index (χ3v) is 3.88. The highest BCUT2D eigenvalue weighted by molar-refractivity contribution is 9.10. The van der Waals surface area contributed by atoms with Crippen LogP contribution in [-0.2, 0) is 0 Å². The van der Waals surface area contributed by atoms with E-state index in [1.165, 1.54) is 0 Å². The van der Waals surface area contributed by atoms with Crippen molar-refractivity contribution < 1.29 is 4.74 Å². The number of nitrogens with two attached hydrogens (primary N) is 1. The van der Waals surface area contributed by atoms with Crippen LogP contribution in [0.25, 0.3) is 0 Å². The Bertz CT molecular complexity index is 570. The highest BCUT2D eigenvalue weighted by Gasteiger charge is 2.21. The molecule has 2 rings (SSSR count). The maximum atomic E-state index is 6.26. The lowest BCUT2D eigenvalue weighted by Gasteiger charge is -2.25. The maximum Gasteiger partial charge on any atom is 0.139 e. The molecule has 2 N–H and O–H groups in total. The van der Waals surface area contributed by atoms with Gasteiger partial charge in [-0.2, -0.15) is 0 Å². The predicted molar refractivity (Wildman–Crippen MR) is 87.0 cm³/mol. The van der Waals surface area contributed by atoms with Crippen molar-refractivity contribution >= 4 is 15.9 Å². The Labute approximate surface area is 129 Å². The van der Waals surface area contributed by atoms with Crippen LogP contribution < -0.4 is 10.5 Å². The van der Waals surface area contributed by atoms with E-state index < -0.39 is 0 Å². The molecule has 0 saturated heterocycles. The standard InChI is InChI=1S/C17H20BrNO/c1-3-15(19)17(13-8-6-9-14(18)11-13)20-16-10-5-4-7-12(16)2/h4-11,15,17H,3,19H2,1-2H3. The molecule has 0 aromatic heterocycles. The molecule has 0 aliphatic heterocycles. The topological polar surface area (TPSA) is 35.2 Å². The van der Waals surface area contributed by atoms with Gasteiger partial charge in [0.1, 0.15) is 11.9 Å². The van der Waals surface area contributed by atoms with Crippen molar-refractivity contribution in [1.82, 2.24) is 0 Å². The molecule has 2 nitrogen and oxygen atoms in total. The zero-order chi connectivity index (χ0) is 14.5. The highest BCUT2D eigenvalue weighted by Crippen LogP contribution is 2.29. The second kappa shape index (κ2) is 6.91. The van der Waals surface area contributed by atoms with E-state index in [2.05, 4.69) is 35.0 Å². The summed E-state index contributed by atoms with van der Waals surface area (Å²) < 4.78 is 7.23. The Morgan fingerprint density at radius 2 is 1.90 bits per heavy atom. The first-order valence-electron chi connectivity index (χ1n) is 6.85. The average Bonchev–Trinajstić information content (AvgIpc) is 2.45. The van der Waals surface area contributed by atoms with Crippen LogP contribution in [0.3, 0.4) is 0 Å². The fourth-order valence-corrected chi connectivity index (χ4v) is 2.54. The van der Waals surface area contributed by atoms with E-state index in [1.807, 2.05) is 43.3 Å². The van der Waals surface area contributed by atoms with E-state index >= 15 is 0 Å². The number of hydrogen-bond acceptors (Lipinski definition) is 2. The van der Waals surface area contributed by atoms with Crippen molar-refractivity contribution in [3.8, 4) is 5.75 Å². The molecule has 0 fully saturated rings. The van der Waals surface area contributed by atoms with Gasteiger partial charge in [0, 0.05) is 10.5 Å². The van der Waals surface area contributed by atoms with Gasteiger partial charge >= 0.3 is 0 Å². The van der Waals surface area contributed by atoms with Gasteiger partial charge in [-0.3, -0.25) is 0 Å². The van der Waals surface area contributed by atoms with Crippen LogP contribution in [0.1, 0.15) is 30.6 Å². The smallest absolute Gasteiger partial charge is 0.139 e. The lowest BCUT2D eigenvalue weighted by atomic mass is 10.0. The molecule has 0 amide bonds. The fourth-order valence-electron chi connectivity index (χ4n) is 2.13. The monoisotopic (exact) mass is 333 g/mol. The number of hydrogen-bond donors (Lipinski definition) is 1. The van der Waals surface area contributed by atoms with Crippen molar-refractivity contribution in [1.29, 1.82) is 0 Å². The second-order valence-electron chi connectivity index (χ2n) is 4.93. The number of benzene rings is 2. The molecule has 2 aromatic rings. The molecule has 0 saturated carbocycles. The van der Waals surface area contributed by atoms with Crippen molar-refractivity contribution in [2.24, 2.45) is 5.73 Å². The first kappa shape index (κ1) is 15.1. The van der Waals surface area contributed by atoms with Gasteiger partial charge in [-0.1, -0.05) is 53.2 Å². The van der Waals surface area contributed by atoms with Crippen molar-refractivity contribution in [2.75, 3.05) is 0 Å². The van der Waals surface area contributed by atoms with Gasteiger partial charge in [0.2, 0.25) is 0 Å². The molecule has 2 unspecified atom stereocenters. The van der Waals surface area contributed by atoms with Crippen LogP contribution in [0.15, 0.2) is 53.0 Å². The largest absolute Gasteiger partial charge is 0.484 e. The van der Waals surface area contributed by atoms with E-state index in [9.17, 15) is 0 Å². The summed E-state index contributed by atoms with van der Waals surface area (Å²) in [6, 6.07) is 16.1. The van der Waals surface area contributed by atoms with Crippen LogP contribution >= 0.6 is 15.9 Å². The molecule has 20 heavy (non-hydrogen) atoms. The minimum Gasteiger partial charge on any atom is -0.484 e. The van der Waals surface area contributed by atoms with E-state index in [-0.39, 0.29) is 12.1 Å². The fraction of sp³-hybridized carbons (Fsp3) is 0.294. The van der Waals surface area contributed by atoms with Crippen LogP contribution in [0, 0.1) is 6.92 Å². The van der Waals surface area contributed by atoms with Crippen LogP contribution in [-0.4, -0.2) is 6.04 Å². The van der Waals surface area contributed by atoms with Crippen LogP contribution in [0.2, 0.25) is 0 Å². The number of para-hydroxylation sites is 1. The van der Waals surface area contributed by atoms with Gasteiger partial charge in [0.05, 0.1) is 0 Å². The Morgan fingerprint density at radius 1 is 1.15 bits per heavy atom. The number of rotatable bonds is 5. The second-order valence-corrected chi connectivity index (χ2v) is 5.85. The first-order chi connectivity index (χ1) is 9.61. The van der Waals surface area contributed by atoms with E-state index in [4.69, 9.17) is 10.5 Å². The molecule has 2 aromatic carbocycles. The van der Waals surface area contributed by atoms with Crippen LogP contribution in [0.4, 0.5) is 0 Å². The third-order valence-electron chi connectivity index (χ3n) is 3.39. The highest BCUT2D eigenvalue weighted by atomic mass is 79.9. The SMILES string of the molecule is CCC(N)C(Oc1ccccc1C)c1cccc(Br)c1. The summed E-state index contributed by atoms with van der Waals surface area (Å²) in [6.45, 7) is 4.13. The van der Waals surface area contributed by atoms with Crippen molar-refractivity contribution in [3.05, 3.63) is 64.1 Å². The molecule has 0 radical (unpaired) electrons. The Hall–Kier alpha value is -1.32. The van der Waals surface area contributed by atoms with Gasteiger partial charge in [-0.25, -0.2) is 0 Å². The maximum absolute atomic E-state index is 6.26. The molecule has 0 bridgehead atoms. The Morgan fingerprint density at radius 3 is 2.55 bits per heavy atom. The average molecular weight is 334 g/mol. The third kappa shape index (κ3) is 3.62. The number of halogens is 1. The van der Waals surface area contributed by atoms with Crippen LogP contribution in [0.5, 0.6) is 5.75 Å². The summed E-state index contributed by atoms with van der Waals surface area (Å²) in [4.78, 5) is 0. The summed E-state index contributed by atoms with van der Waals surface area (Å²) in [5, 5.41) is 0. The van der Waals surface area contributed by atoms with Gasteiger partial charge in [-0.15, -0.1) is 0 Å². The molecule has 0 aliphatic carbocycles. The lowest BCUT2D eigenvalue weighted by Crippen LogP contribution is -2.31. The minimum absolute atomic E-state index is 0.0380. The van der Waals surface area contributed by atoms with Crippen molar-refractivity contribution in [2.45, 2.75) is 32.4 Å². The molecule has 106 valence electrons. The van der Waals surface area contributed by atoms with Crippen molar-refractivity contribution in [3.63, 3.8) is 0 Å². The Kier molecular flexibility index (Phi) is 5.21. The molecule has 0 spiro atoms. The minimum atomic E-state index is -0.140. The molecule has 0 heterocycles. The molecule has 2 atom stereocenters. The molecule has 0 aliphatic rings. The zero-order valence-electron chi connectivity index (χ0n) is 11.8. The van der Waals surface area contributed by atoms with Gasteiger partial charge in [0.15, 0.2) is 0 Å². The molecule has 3 heteroatoms. The summed E-state index contributed by atoms with van der Waals surface area (Å²) in [5.74, 6) is 0.890. The first-order valence-corrected chi connectivity index (χ1v) is 7.64. The molecular weight excluding hydrogens is 314 g/mol. The zero-order valence-corrected chi connectivity index (χ0v) is 13.4. The van der Waals surface area contributed by atoms with Gasteiger partial charge in [0.25, 0.3) is 0 Å². The summed E-state index contributed by atoms with van der Waals surface area (Å²) in [6.07, 6.45) is 0.724. The van der Waals surface area contributed by atoms with E-state index in [0.717, 1.165) is 27.8 Å². The normalized spacial score (nSPS) is 13.8. The van der Waals surface area contributed by atoms with Gasteiger partial charge < -0.3 is 10.5 Å². The quantitative estimate of drug-likeness (QED) is 0.866. The number of ether oxygens (including phenoxy) is 1. The number of aryl methyl sites for hydroxylation is 1. The summed E-state index contributed by atoms with van der Waals surface area (Å²) >= 11 is 3.51. The molecular formula is C17H20BrNO. The lowest BCUT2D eigenvalue weighted by molar-refractivity contribution is 0.170. The summed E-state index contributed by atoms with van der Waals surface area (Å²) in [7, 11) is 0. The van der Waals surface area contributed by atoms with E-state index in [0.29, 0.717) is 0 Å². The summed E-state index contributed by atoms with van der Waals surface area (Å²) in [5.41, 5.74) is 8.47.